The Morgan fingerprint density at radius 1 is 1.23 bits per heavy atom. The average Bonchev–Trinajstić information content (AvgIpc) is 2.15. The topological polar surface area (TPSA) is 20.2 Å². The monoisotopic (exact) mass is 194 g/mol. The Balaban J connectivity index is 2.68. The van der Waals surface area contributed by atoms with Crippen LogP contribution < -0.4 is 0 Å². The maximum absolute atomic E-state index is 8.47. The normalized spacial score (nSPS) is 11.5. The molecule has 0 saturated carbocycles. The van der Waals surface area contributed by atoms with Crippen molar-refractivity contribution in [3.8, 4) is 0 Å². The highest BCUT2D eigenvalue weighted by Crippen LogP contribution is 2.15. The van der Waals surface area contributed by atoms with E-state index >= 15 is 0 Å². The smallest absolute Gasteiger partial charge is 0.0615 e. The molecule has 0 fully saturated rings. The van der Waals surface area contributed by atoms with Crippen molar-refractivity contribution in [2.75, 3.05) is 6.61 Å². The molecule has 1 N–H and O–H groups in total. The number of aliphatic hydroxyl groups excluding tert-OH is 1. The Morgan fingerprint density at radius 2 is 2.00 bits per heavy atom. The van der Waals surface area contributed by atoms with E-state index in [1.807, 2.05) is 36.4 Å². The predicted octanol–water partition coefficient (Wildman–Crippen LogP) is 2.90. The van der Waals surface area contributed by atoms with Gasteiger partial charge in [0.25, 0.3) is 0 Å². The highest BCUT2D eigenvalue weighted by Gasteiger charge is 1.90. The maximum Gasteiger partial charge on any atom is 0.0615 e. The maximum atomic E-state index is 8.47. The quantitative estimate of drug-likeness (QED) is 0.734. The van der Waals surface area contributed by atoms with Gasteiger partial charge in [-0.05, 0) is 11.6 Å². The zero-order valence-corrected chi connectivity index (χ0v) is 7.91. The van der Waals surface area contributed by atoms with Crippen LogP contribution >= 0.6 is 11.6 Å². The highest BCUT2D eigenvalue weighted by atomic mass is 35.5. The van der Waals surface area contributed by atoms with Crippen molar-refractivity contribution in [1.29, 1.82) is 0 Å². The van der Waals surface area contributed by atoms with Gasteiger partial charge in [-0.15, -0.1) is 0 Å². The Morgan fingerprint density at radius 3 is 2.69 bits per heavy atom. The van der Waals surface area contributed by atoms with E-state index < -0.39 is 0 Å². The van der Waals surface area contributed by atoms with E-state index in [0.717, 1.165) is 10.6 Å². The van der Waals surface area contributed by atoms with Crippen molar-refractivity contribution in [2.45, 2.75) is 0 Å². The molecule has 0 aromatic heterocycles. The van der Waals surface area contributed by atoms with Crippen molar-refractivity contribution in [3.63, 3.8) is 0 Å². The zero-order valence-electron chi connectivity index (χ0n) is 7.15. The standard InChI is InChI=1S/C11H11ClO/c12-11-8-4-3-7-10(11)6-2-1-5-9-13/h1-8,13H,9H2. The lowest BCUT2D eigenvalue weighted by Gasteiger charge is -1.94. The van der Waals surface area contributed by atoms with Gasteiger partial charge in [0.2, 0.25) is 0 Å². The van der Waals surface area contributed by atoms with Crippen LogP contribution in [0.5, 0.6) is 0 Å². The summed E-state index contributed by atoms with van der Waals surface area (Å²) in [6.07, 6.45) is 7.18. The van der Waals surface area contributed by atoms with E-state index in [2.05, 4.69) is 0 Å². The molecule has 0 saturated heterocycles. The number of hydrogen-bond acceptors (Lipinski definition) is 1. The fraction of sp³-hybridized carbons (Fsp3) is 0.0909. The molecular formula is C11H11ClO. The van der Waals surface area contributed by atoms with Crippen LogP contribution in [0.15, 0.2) is 42.5 Å². The van der Waals surface area contributed by atoms with Crippen molar-refractivity contribution in [1.82, 2.24) is 0 Å². The molecule has 0 spiro atoms. The third-order valence-electron chi connectivity index (χ3n) is 1.53. The van der Waals surface area contributed by atoms with Crippen LogP contribution in [0.25, 0.3) is 6.08 Å². The first-order valence-corrected chi connectivity index (χ1v) is 4.41. The summed E-state index contributed by atoms with van der Waals surface area (Å²) in [5.41, 5.74) is 0.978. The second-order valence-electron chi connectivity index (χ2n) is 2.49. The van der Waals surface area contributed by atoms with Gasteiger partial charge >= 0.3 is 0 Å². The first kappa shape index (κ1) is 10.0. The molecule has 68 valence electrons. The number of allylic oxidation sites excluding steroid dienone is 2. The van der Waals surface area contributed by atoms with Crippen molar-refractivity contribution >= 4 is 17.7 Å². The first-order valence-electron chi connectivity index (χ1n) is 4.03. The van der Waals surface area contributed by atoms with Crippen LogP contribution in [0.3, 0.4) is 0 Å². The molecule has 0 radical (unpaired) electrons. The molecule has 0 heterocycles. The van der Waals surface area contributed by atoms with Gasteiger partial charge in [0.1, 0.15) is 0 Å². The summed E-state index contributed by atoms with van der Waals surface area (Å²) in [7, 11) is 0. The van der Waals surface area contributed by atoms with Gasteiger partial charge in [-0.25, -0.2) is 0 Å². The van der Waals surface area contributed by atoms with Crippen LogP contribution in [-0.2, 0) is 0 Å². The average molecular weight is 195 g/mol. The number of benzene rings is 1. The fourth-order valence-electron chi connectivity index (χ4n) is 0.909. The van der Waals surface area contributed by atoms with E-state index in [-0.39, 0.29) is 6.61 Å². The van der Waals surface area contributed by atoms with E-state index in [0.29, 0.717) is 0 Å². The number of rotatable bonds is 3. The molecule has 1 rings (SSSR count). The second kappa shape index (κ2) is 5.57. The van der Waals surface area contributed by atoms with Gasteiger partial charge in [0.05, 0.1) is 6.61 Å². The van der Waals surface area contributed by atoms with E-state index in [1.165, 1.54) is 0 Å². The molecule has 0 aliphatic rings. The highest BCUT2D eigenvalue weighted by molar-refractivity contribution is 6.32. The summed E-state index contributed by atoms with van der Waals surface area (Å²) in [6.45, 7) is 0.0624. The Bertz CT molecular complexity index is 316. The van der Waals surface area contributed by atoms with Crippen LogP contribution in [0.2, 0.25) is 5.02 Å². The van der Waals surface area contributed by atoms with Crippen LogP contribution in [-0.4, -0.2) is 11.7 Å². The minimum absolute atomic E-state index is 0.0624. The van der Waals surface area contributed by atoms with Crippen molar-refractivity contribution in [3.05, 3.63) is 53.1 Å². The summed E-state index contributed by atoms with van der Waals surface area (Å²) >= 11 is 5.91. The molecule has 1 aromatic carbocycles. The minimum Gasteiger partial charge on any atom is -0.392 e. The summed E-state index contributed by atoms with van der Waals surface area (Å²) in [4.78, 5) is 0. The number of halogens is 1. The molecule has 0 bridgehead atoms. The molecule has 13 heavy (non-hydrogen) atoms. The molecule has 1 aromatic rings. The molecule has 0 unspecified atom stereocenters. The van der Waals surface area contributed by atoms with Gasteiger partial charge in [-0.2, -0.15) is 0 Å². The van der Waals surface area contributed by atoms with Gasteiger partial charge in [-0.3, -0.25) is 0 Å². The predicted molar refractivity (Wildman–Crippen MR) is 56.7 cm³/mol. The van der Waals surface area contributed by atoms with E-state index in [9.17, 15) is 0 Å². The largest absolute Gasteiger partial charge is 0.392 e. The SMILES string of the molecule is OCC=CC=Cc1ccccc1Cl. The van der Waals surface area contributed by atoms with Crippen LogP contribution in [0.4, 0.5) is 0 Å². The lowest BCUT2D eigenvalue weighted by atomic mass is 10.2. The van der Waals surface area contributed by atoms with Crippen LogP contribution in [0.1, 0.15) is 5.56 Å². The first-order chi connectivity index (χ1) is 6.34. The molecule has 0 amide bonds. The molecule has 1 nitrogen and oxygen atoms in total. The lowest BCUT2D eigenvalue weighted by Crippen LogP contribution is -1.72. The Kier molecular flexibility index (Phi) is 4.30. The Hall–Kier alpha value is -1.05. The lowest BCUT2D eigenvalue weighted by molar-refractivity contribution is 0.343. The minimum atomic E-state index is 0.0624. The summed E-state index contributed by atoms with van der Waals surface area (Å²) in [5, 5.41) is 9.20. The van der Waals surface area contributed by atoms with Gasteiger partial charge in [0.15, 0.2) is 0 Å². The van der Waals surface area contributed by atoms with Gasteiger partial charge in [0, 0.05) is 5.02 Å². The third-order valence-corrected chi connectivity index (χ3v) is 1.88. The summed E-state index contributed by atoms with van der Waals surface area (Å²) in [6, 6.07) is 7.60. The van der Waals surface area contributed by atoms with Crippen molar-refractivity contribution < 1.29 is 5.11 Å². The van der Waals surface area contributed by atoms with Gasteiger partial charge < -0.3 is 5.11 Å². The molecule has 0 aliphatic carbocycles. The molecule has 0 aliphatic heterocycles. The summed E-state index contributed by atoms with van der Waals surface area (Å²) < 4.78 is 0. The third kappa shape index (κ3) is 3.45. The molecule has 0 atom stereocenters. The number of aliphatic hydroxyl groups is 1. The van der Waals surface area contributed by atoms with Crippen molar-refractivity contribution in [2.24, 2.45) is 0 Å². The molecular weight excluding hydrogens is 184 g/mol. The number of hydrogen-bond donors (Lipinski definition) is 1. The van der Waals surface area contributed by atoms with Crippen LogP contribution in [0, 0.1) is 0 Å². The molecule has 2 heteroatoms. The zero-order chi connectivity index (χ0) is 9.52. The second-order valence-corrected chi connectivity index (χ2v) is 2.90. The fourth-order valence-corrected chi connectivity index (χ4v) is 1.11. The van der Waals surface area contributed by atoms with E-state index in [1.54, 1.807) is 12.2 Å². The summed E-state index contributed by atoms with van der Waals surface area (Å²) in [5.74, 6) is 0. The van der Waals surface area contributed by atoms with E-state index in [4.69, 9.17) is 16.7 Å². The van der Waals surface area contributed by atoms with Gasteiger partial charge in [-0.1, -0.05) is 54.1 Å². The Labute approximate surface area is 83.0 Å².